The number of hydrogen-bond donors (Lipinski definition) is 2. The Bertz CT molecular complexity index is 935. The van der Waals surface area contributed by atoms with Crippen molar-refractivity contribution in [1.29, 1.82) is 0 Å². The molecule has 0 aliphatic heterocycles. The first-order valence-electron chi connectivity index (χ1n) is 10.5. The Hall–Kier alpha value is -2.46. The maximum Gasteiger partial charge on any atom is 0.335 e. The van der Waals surface area contributed by atoms with Gasteiger partial charge < -0.3 is 10.2 Å². The van der Waals surface area contributed by atoms with E-state index in [9.17, 15) is 19.8 Å². The van der Waals surface area contributed by atoms with Crippen LogP contribution in [0.4, 0.5) is 0 Å². The minimum atomic E-state index is -1.01. The summed E-state index contributed by atoms with van der Waals surface area (Å²) in [6.07, 6.45) is 4.81. The van der Waals surface area contributed by atoms with Crippen LogP contribution < -0.4 is 0 Å². The molecule has 2 aromatic rings. The largest absolute Gasteiger partial charge is 0.478 e. The van der Waals surface area contributed by atoms with Crippen molar-refractivity contribution in [2.24, 2.45) is 5.92 Å². The first kappa shape index (κ1) is 19.8. The molecule has 1 fully saturated rings. The Balaban J connectivity index is 1.88. The van der Waals surface area contributed by atoms with Gasteiger partial charge in [0.25, 0.3) is 0 Å². The van der Waals surface area contributed by atoms with Gasteiger partial charge in [0.05, 0.1) is 11.2 Å². The SMILES string of the molecule is CC[C@@]1(O)CC[C@@]2(Cc3ccccc3)c3ccc(C(=O)O)cc3C(=O)CC[C@H]2C1. The molecule has 2 N–H and O–H groups in total. The normalized spacial score (nSPS) is 28.9. The van der Waals surface area contributed by atoms with Gasteiger partial charge in [-0.3, -0.25) is 4.79 Å². The standard InChI is InChI=1S/C25H28O4/c1-2-24(29)12-13-25(15-17-6-4-3-5-7-17)19(16-24)9-11-22(26)20-14-18(23(27)28)8-10-21(20)25/h3-8,10,14,19,29H,2,9,11-13,15-16H2,1H3,(H,27,28)/t19-,24+,25-/m0/s1. The number of carboxylic acids is 1. The number of carbonyl (C=O) groups excluding carboxylic acids is 1. The number of fused-ring (bicyclic) bond motifs is 3. The van der Waals surface area contributed by atoms with Crippen molar-refractivity contribution in [2.45, 2.75) is 62.9 Å². The molecule has 4 rings (SSSR count). The fourth-order valence-electron chi connectivity index (χ4n) is 5.54. The van der Waals surface area contributed by atoms with Gasteiger partial charge >= 0.3 is 5.97 Å². The van der Waals surface area contributed by atoms with Gasteiger partial charge in [-0.15, -0.1) is 0 Å². The van der Waals surface area contributed by atoms with Crippen molar-refractivity contribution in [2.75, 3.05) is 0 Å². The summed E-state index contributed by atoms with van der Waals surface area (Å²) in [4.78, 5) is 24.5. The summed E-state index contributed by atoms with van der Waals surface area (Å²) in [5.74, 6) is -0.810. The Labute approximate surface area is 171 Å². The Kier molecular flexibility index (Phi) is 5.07. The van der Waals surface area contributed by atoms with Gasteiger partial charge in [-0.1, -0.05) is 43.3 Å². The number of ketones is 1. The predicted octanol–water partition coefficient (Wildman–Crippen LogP) is 4.78. The summed E-state index contributed by atoms with van der Waals surface area (Å²) in [5.41, 5.74) is 1.95. The van der Waals surface area contributed by atoms with E-state index < -0.39 is 11.6 Å². The summed E-state index contributed by atoms with van der Waals surface area (Å²) >= 11 is 0. The zero-order valence-electron chi connectivity index (χ0n) is 16.9. The lowest BCUT2D eigenvalue weighted by Crippen LogP contribution is -2.48. The van der Waals surface area contributed by atoms with E-state index >= 15 is 0 Å². The highest BCUT2D eigenvalue weighted by Gasteiger charge is 2.51. The third-order valence-corrected chi connectivity index (χ3v) is 7.29. The molecule has 0 radical (unpaired) electrons. The zero-order chi connectivity index (χ0) is 20.6. The van der Waals surface area contributed by atoms with Crippen LogP contribution >= 0.6 is 0 Å². The third-order valence-electron chi connectivity index (χ3n) is 7.29. The predicted molar refractivity (Wildman–Crippen MR) is 111 cm³/mol. The molecular formula is C25H28O4. The fourth-order valence-corrected chi connectivity index (χ4v) is 5.54. The molecule has 3 atom stereocenters. The first-order valence-corrected chi connectivity index (χ1v) is 10.5. The van der Waals surface area contributed by atoms with Crippen LogP contribution in [0.5, 0.6) is 0 Å². The van der Waals surface area contributed by atoms with Crippen LogP contribution in [0.1, 0.15) is 77.3 Å². The van der Waals surface area contributed by atoms with Crippen LogP contribution in [0.15, 0.2) is 48.5 Å². The molecule has 0 amide bonds. The highest BCUT2D eigenvalue weighted by atomic mass is 16.4. The average Bonchev–Trinajstić information content (AvgIpc) is 2.84. The number of benzene rings is 2. The van der Waals surface area contributed by atoms with Crippen LogP contribution in [0.2, 0.25) is 0 Å². The molecule has 4 heteroatoms. The molecule has 0 heterocycles. The Morgan fingerprint density at radius 3 is 2.59 bits per heavy atom. The molecule has 0 aromatic heterocycles. The highest BCUT2D eigenvalue weighted by Crippen LogP contribution is 2.54. The number of carboxylic acid groups (broad SMARTS) is 1. The summed E-state index contributed by atoms with van der Waals surface area (Å²) in [5, 5.41) is 20.5. The minimum Gasteiger partial charge on any atom is -0.478 e. The Morgan fingerprint density at radius 1 is 1.14 bits per heavy atom. The van der Waals surface area contributed by atoms with Gasteiger partial charge in [-0.2, -0.15) is 0 Å². The molecule has 0 unspecified atom stereocenters. The molecule has 0 bridgehead atoms. The first-order chi connectivity index (χ1) is 13.9. The molecule has 152 valence electrons. The molecular weight excluding hydrogens is 364 g/mol. The quantitative estimate of drug-likeness (QED) is 0.785. The summed E-state index contributed by atoms with van der Waals surface area (Å²) in [6.45, 7) is 2.03. The number of Topliss-reactive ketones (excluding diaryl/α,β-unsaturated/α-hetero) is 1. The Morgan fingerprint density at radius 2 is 1.90 bits per heavy atom. The zero-order valence-corrected chi connectivity index (χ0v) is 16.9. The van der Waals surface area contributed by atoms with Crippen molar-refractivity contribution < 1.29 is 19.8 Å². The van der Waals surface area contributed by atoms with Gasteiger partial charge in [0.15, 0.2) is 5.78 Å². The number of aromatic carboxylic acids is 1. The maximum absolute atomic E-state index is 13.0. The van der Waals surface area contributed by atoms with Crippen LogP contribution in [0.3, 0.4) is 0 Å². The van der Waals surface area contributed by atoms with E-state index in [1.807, 2.05) is 31.2 Å². The van der Waals surface area contributed by atoms with Crippen LogP contribution in [0.25, 0.3) is 0 Å². The van der Waals surface area contributed by atoms with E-state index in [-0.39, 0.29) is 22.7 Å². The molecule has 2 aliphatic rings. The summed E-state index contributed by atoms with van der Waals surface area (Å²) < 4.78 is 0. The number of rotatable bonds is 4. The van der Waals surface area contributed by atoms with E-state index in [0.717, 1.165) is 24.8 Å². The maximum atomic E-state index is 13.0. The lowest BCUT2D eigenvalue weighted by molar-refractivity contribution is -0.0496. The lowest BCUT2D eigenvalue weighted by Gasteiger charge is -2.50. The van der Waals surface area contributed by atoms with Crippen molar-refractivity contribution in [3.63, 3.8) is 0 Å². The van der Waals surface area contributed by atoms with E-state index in [1.165, 1.54) is 5.56 Å². The van der Waals surface area contributed by atoms with Crippen LogP contribution in [0, 0.1) is 5.92 Å². The lowest BCUT2D eigenvalue weighted by atomic mass is 9.55. The number of aliphatic hydroxyl groups is 1. The van der Waals surface area contributed by atoms with Gasteiger partial charge in [0.2, 0.25) is 0 Å². The van der Waals surface area contributed by atoms with E-state index in [1.54, 1.807) is 12.1 Å². The number of carbonyl (C=O) groups is 2. The second kappa shape index (κ2) is 7.42. The summed E-state index contributed by atoms with van der Waals surface area (Å²) in [6, 6.07) is 15.4. The van der Waals surface area contributed by atoms with Gasteiger partial charge in [0.1, 0.15) is 0 Å². The molecule has 2 aliphatic carbocycles. The minimum absolute atomic E-state index is 0.0185. The highest BCUT2D eigenvalue weighted by molar-refractivity contribution is 6.01. The second-order valence-electron chi connectivity index (χ2n) is 8.82. The molecule has 2 aromatic carbocycles. The van der Waals surface area contributed by atoms with E-state index in [0.29, 0.717) is 31.2 Å². The van der Waals surface area contributed by atoms with Crippen LogP contribution in [-0.4, -0.2) is 27.6 Å². The second-order valence-corrected chi connectivity index (χ2v) is 8.82. The van der Waals surface area contributed by atoms with Crippen molar-refractivity contribution in [3.05, 3.63) is 70.8 Å². The molecule has 0 spiro atoms. The van der Waals surface area contributed by atoms with Crippen molar-refractivity contribution in [3.8, 4) is 0 Å². The van der Waals surface area contributed by atoms with Crippen molar-refractivity contribution >= 4 is 11.8 Å². The fraction of sp³-hybridized carbons (Fsp3) is 0.440. The molecule has 1 saturated carbocycles. The summed E-state index contributed by atoms with van der Waals surface area (Å²) in [7, 11) is 0. The monoisotopic (exact) mass is 392 g/mol. The third kappa shape index (κ3) is 3.51. The van der Waals surface area contributed by atoms with Crippen LogP contribution in [-0.2, 0) is 11.8 Å². The van der Waals surface area contributed by atoms with Gasteiger partial charge in [-0.25, -0.2) is 4.79 Å². The number of hydrogen-bond acceptors (Lipinski definition) is 3. The molecule has 0 saturated heterocycles. The molecule has 29 heavy (non-hydrogen) atoms. The van der Waals surface area contributed by atoms with Gasteiger partial charge in [-0.05, 0) is 67.7 Å². The smallest absolute Gasteiger partial charge is 0.335 e. The van der Waals surface area contributed by atoms with E-state index in [2.05, 4.69) is 12.1 Å². The van der Waals surface area contributed by atoms with Crippen molar-refractivity contribution in [1.82, 2.24) is 0 Å². The van der Waals surface area contributed by atoms with E-state index in [4.69, 9.17) is 0 Å². The van der Waals surface area contributed by atoms with Gasteiger partial charge in [0, 0.05) is 17.4 Å². The molecule has 4 nitrogen and oxygen atoms in total. The topological polar surface area (TPSA) is 74.6 Å². The average molecular weight is 392 g/mol.